The van der Waals surface area contributed by atoms with Gasteiger partial charge in [-0.2, -0.15) is 12.6 Å². The molecule has 0 radical (unpaired) electrons. The second kappa shape index (κ2) is 3.14. The van der Waals surface area contributed by atoms with E-state index in [0.717, 1.165) is 6.42 Å². The van der Waals surface area contributed by atoms with E-state index in [0.29, 0.717) is 5.92 Å². The van der Waals surface area contributed by atoms with Crippen LogP contribution in [0.1, 0.15) is 13.3 Å². The van der Waals surface area contributed by atoms with Crippen LogP contribution in [0.4, 0.5) is 0 Å². The van der Waals surface area contributed by atoms with Gasteiger partial charge in [0.25, 0.3) is 0 Å². The molecule has 1 aliphatic rings. The van der Waals surface area contributed by atoms with Crippen LogP contribution in [0.3, 0.4) is 0 Å². The average molecular weight is 219 g/mol. The van der Waals surface area contributed by atoms with Crippen molar-refractivity contribution in [3.8, 4) is 0 Å². The maximum atomic E-state index is 4.47. The molecule has 0 saturated carbocycles. The summed E-state index contributed by atoms with van der Waals surface area (Å²) in [7, 11) is 0. The van der Waals surface area contributed by atoms with E-state index in [1.807, 2.05) is 6.08 Å². The third kappa shape index (κ3) is 1.67. The molecule has 0 aromatic carbocycles. The monoisotopic (exact) mass is 218 g/mol. The molecule has 0 nitrogen and oxygen atoms in total. The number of hydrogen-bond acceptors (Lipinski definition) is 1. The Morgan fingerprint density at radius 3 is 2.70 bits per heavy atom. The lowest BCUT2D eigenvalue weighted by atomic mass is 9.98. The zero-order valence-corrected chi connectivity index (χ0v) is 8.40. The normalized spacial score (nSPS) is 38.5. The largest absolute Gasteiger partial charge is 0.156 e. The molecule has 56 valence electrons. The topological polar surface area (TPSA) is 0 Å². The van der Waals surface area contributed by atoms with Crippen molar-refractivity contribution in [1.29, 1.82) is 0 Å². The molecule has 0 aliphatic heterocycles. The van der Waals surface area contributed by atoms with Crippen LogP contribution >= 0.6 is 28.6 Å². The maximum Gasteiger partial charge on any atom is 0.0924 e. The van der Waals surface area contributed by atoms with Crippen molar-refractivity contribution in [3.63, 3.8) is 0 Å². The first kappa shape index (κ1) is 8.41. The Morgan fingerprint density at radius 2 is 2.30 bits per heavy atom. The van der Waals surface area contributed by atoms with E-state index in [1.54, 1.807) is 0 Å². The number of rotatable bonds is 1. The molecule has 2 atom stereocenters. The van der Waals surface area contributed by atoms with Crippen molar-refractivity contribution in [2.75, 3.05) is 0 Å². The minimum absolute atomic E-state index is 0.115. The van der Waals surface area contributed by atoms with E-state index < -0.39 is 0 Å². The lowest BCUT2D eigenvalue weighted by Gasteiger charge is -2.27. The Hall–Kier alpha value is 0.310. The highest BCUT2D eigenvalue weighted by molar-refractivity contribution is 9.11. The summed E-state index contributed by atoms with van der Waals surface area (Å²) < 4.78 is -0.115. The number of hydrogen-bond donors (Lipinski definition) is 1. The van der Waals surface area contributed by atoms with Gasteiger partial charge in [-0.05, 0) is 6.42 Å². The fraction of sp³-hybridized carbons (Fsp3) is 0.500. The number of allylic oxidation sites excluding steroid dienone is 3. The molecule has 2 heteroatoms. The summed E-state index contributed by atoms with van der Waals surface area (Å²) in [4.78, 5) is 0. The Labute approximate surface area is 75.9 Å². The molecule has 1 rings (SSSR count). The average Bonchev–Trinajstić information content (AvgIpc) is 1.87. The zero-order valence-electron chi connectivity index (χ0n) is 5.92. The second-order valence-corrected chi connectivity index (χ2v) is 5.15. The van der Waals surface area contributed by atoms with Crippen LogP contribution < -0.4 is 0 Å². The van der Waals surface area contributed by atoms with Crippen LogP contribution in [0.2, 0.25) is 0 Å². The van der Waals surface area contributed by atoms with Gasteiger partial charge in [0, 0.05) is 5.92 Å². The number of thiol groups is 1. The van der Waals surface area contributed by atoms with E-state index in [1.165, 1.54) is 0 Å². The lowest BCUT2D eigenvalue weighted by molar-refractivity contribution is 0.626. The molecule has 0 heterocycles. The quantitative estimate of drug-likeness (QED) is 0.508. The van der Waals surface area contributed by atoms with Gasteiger partial charge in [0.2, 0.25) is 0 Å². The molecule has 0 saturated heterocycles. The standard InChI is InChI=1S/C8H11BrS/c1-2-7-5-3-4-6-8(7,9)10/h3-7,10H,2H2,1H3. The van der Waals surface area contributed by atoms with Crippen molar-refractivity contribution in [2.45, 2.75) is 17.0 Å². The van der Waals surface area contributed by atoms with E-state index >= 15 is 0 Å². The van der Waals surface area contributed by atoms with Gasteiger partial charge in [0.15, 0.2) is 0 Å². The lowest BCUT2D eigenvalue weighted by Crippen LogP contribution is -2.21. The van der Waals surface area contributed by atoms with E-state index in [4.69, 9.17) is 0 Å². The minimum atomic E-state index is -0.115. The van der Waals surface area contributed by atoms with Gasteiger partial charge in [-0.25, -0.2) is 0 Å². The van der Waals surface area contributed by atoms with Gasteiger partial charge >= 0.3 is 0 Å². The molecular formula is C8H11BrS. The first-order valence-corrected chi connectivity index (χ1v) is 4.68. The Kier molecular flexibility index (Phi) is 2.64. The van der Waals surface area contributed by atoms with E-state index in [-0.39, 0.29) is 3.66 Å². The minimum Gasteiger partial charge on any atom is -0.156 e. The van der Waals surface area contributed by atoms with Crippen molar-refractivity contribution >= 4 is 28.6 Å². The fourth-order valence-corrected chi connectivity index (χ4v) is 2.05. The Morgan fingerprint density at radius 1 is 1.60 bits per heavy atom. The third-order valence-corrected chi connectivity index (χ3v) is 3.08. The molecule has 0 N–H and O–H groups in total. The molecule has 1 aliphatic carbocycles. The van der Waals surface area contributed by atoms with Gasteiger partial charge in [0.05, 0.1) is 3.66 Å². The predicted molar refractivity (Wildman–Crippen MR) is 52.7 cm³/mol. The smallest absolute Gasteiger partial charge is 0.0924 e. The Balaban J connectivity index is 2.74. The van der Waals surface area contributed by atoms with Crippen molar-refractivity contribution in [1.82, 2.24) is 0 Å². The molecule has 0 aromatic heterocycles. The van der Waals surface area contributed by atoms with Crippen molar-refractivity contribution in [2.24, 2.45) is 5.92 Å². The van der Waals surface area contributed by atoms with Crippen LogP contribution in [0.5, 0.6) is 0 Å². The molecule has 10 heavy (non-hydrogen) atoms. The second-order valence-electron chi connectivity index (χ2n) is 2.49. The third-order valence-electron chi connectivity index (χ3n) is 1.74. The summed E-state index contributed by atoms with van der Waals surface area (Å²) in [6.07, 6.45) is 9.47. The van der Waals surface area contributed by atoms with Crippen molar-refractivity contribution in [3.05, 3.63) is 24.3 Å². The fourth-order valence-electron chi connectivity index (χ4n) is 1.07. The summed E-state index contributed by atoms with van der Waals surface area (Å²) in [6, 6.07) is 0. The summed E-state index contributed by atoms with van der Waals surface area (Å²) in [5.41, 5.74) is 0. The molecule has 2 unspecified atom stereocenters. The Bertz CT molecular complexity index is 170. The molecule has 0 amide bonds. The highest BCUT2D eigenvalue weighted by Crippen LogP contribution is 2.38. The summed E-state index contributed by atoms with van der Waals surface area (Å²) >= 11 is 8.02. The van der Waals surface area contributed by atoms with Gasteiger partial charge < -0.3 is 0 Å². The number of alkyl halides is 1. The van der Waals surface area contributed by atoms with Gasteiger partial charge in [-0.3, -0.25) is 0 Å². The van der Waals surface area contributed by atoms with Crippen LogP contribution in [-0.2, 0) is 0 Å². The zero-order chi connectivity index (χ0) is 7.61. The van der Waals surface area contributed by atoms with E-state index in [9.17, 15) is 0 Å². The van der Waals surface area contributed by atoms with Gasteiger partial charge in [0.1, 0.15) is 0 Å². The first-order chi connectivity index (χ1) is 4.67. The number of halogens is 1. The van der Waals surface area contributed by atoms with Gasteiger partial charge in [-0.1, -0.05) is 47.2 Å². The van der Waals surface area contributed by atoms with Crippen LogP contribution in [0.15, 0.2) is 24.3 Å². The van der Waals surface area contributed by atoms with E-state index in [2.05, 4.69) is 53.7 Å². The summed E-state index contributed by atoms with van der Waals surface area (Å²) in [5, 5.41) is 0. The summed E-state index contributed by atoms with van der Waals surface area (Å²) in [6.45, 7) is 2.17. The molecule has 0 aromatic rings. The van der Waals surface area contributed by atoms with Crippen LogP contribution in [0.25, 0.3) is 0 Å². The molecule has 0 fully saturated rings. The van der Waals surface area contributed by atoms with Crippen molar-refractivity contribution < 1.29 is 0 Å². The van der Waals surface area contributed by atoms with Gasteiger partial charge in [-0.15, -0.1) is 0 Å². The molecule has 0 spiro atoms. The first-order valence-electron chi connectivity index (χ1n) is 3.44. The SMILES string of the molecule is CCC1C=CC=CC1(S)Br. The predicted octanol–water partition coefficient (Wildman–Crippen LogP) is 3.16. The molecule has 0 bridgehead atoms. The summed E-state index contributed by atoms with van der Waals surface area (Å²) in [5.74, 6) is 0.515. The highest BCUT2D eigenvalue weighted by atomic mass is 79.9. The van der Waals surface area contributed by atoms with Crippen LogP contribution in [0, 0.1) is 5.92 Å². The molecular weight excluding hydrogens is 208 g/mol. The maximum absolute atomic E-state index is 4.47. The highest BCUT2D eigenvalue weighted by Gasteiger charge is 2.27. The van der Waals surface area contributed by atoms with Crippen LogP contribution in [-0.4, -0.2) is 3.66 Å².